The standard InChI is InChI=1S/C15H17FN2O2S/c1-11-4-2-7-14(17)15(11)21(19,20)18-9-8-12-5-3-6-13(16)10-12/h2-7,10,18H,8-9,17H2,1H3. The van der Waals surface area contributed by atoms with E-state index in [0.29, 0.717) is 12.0 Å². The largest absolute Gasteiger partial charge is 0.398 e. The lowest BCUT2D eigenvalue weighted by Crippen LogP contribution is -2.27. The molecule has 0 heterocycles. The molecule has 2 aromatic rings. The van der Waals surface area contributed by atoms with E-state index in [-0.39, 0.29) is 22.9 Å². The second-order valence-corrected chi connectivity index (χ2v) is 6.47. The molecule has 0 aliphatic heterocycles. The van der Waals surface area contributed by atoms with Gasteiger partial charge in [0, 0.05) is 6.54 Å². The number of sulfonamides is 1. The Morgan fingerprint density at radius 1 is 1.19 bits per heavy atom. The van der Waals surface area contributed by atoms with Gasteiger partial charge in [-0.1, -0.05) is 24.3 Å². The Morgan fingerprint density at radius 2 is 1.90 bits per heavy atom. The summed E-state index contributed by atoms with van der Waals surface area (Å²) in [5.41, 5.74) is 7.28. The molecule has 0 radical (unpaired) electrons. The summed E-state index contributed by atoms with van der Waals surface area (Å²) in [5.74, 6) is -0.335. The van der Waals surface area contributed by atoms with Crippen LogP contribution < -0.4 is 10.5 Å². The molecular weight excluding hydrogens is 291 g/mol. The van der Waals surface area contributed by atoms with Crippen LogP contribution in [0.25, 0.3) is 0 Å². The molecule has 0 aromatic heterocycles. The lowest BCUT2D eigenvalue weighted by Gasteiger charge is -2.11. The van der Waals surface area contributed by atoms with Crippen LogP contribution in [0.5, 0.6) is 0 Å². The zero-order valence-corrected chi connectivity index (χ0v) is 12.5. The summed E-state index contributed by atoms with van der Waals surface area (Å²) in [7, 11) is -3.67. The maximum Gasteiger partial charge on any atom is 0.242 e. The normalized spacial score (nSPS) is 11.5. The molecule has 2 aromatic carbocycles. The van der Waals surface area contributed by atoms with Crippen molar-refractivity contribution in [3.05, 3.63) is 59.4 Å². The van der Waals surface area contributed by atoms with Gasteiger partial charge >= 0.3 is 0 Å². The second-order valence-electron chi connectivity index (χ2n) is 4.77. The topological polar surface area (TPSA) is 72.2 Å². The summed E-state index contributed by atoms with van der Waals surface area (Å²) in [6.45, 7) is 1.87. The van der Waals surface area contributed by atoms with Gasteiger partial charge in [-0.3, -0.25) is 0 Å². The van der Waals surface area contributed by atoms with Crippen LogP contribution in [0.1, 0.15) is 11.1 Å². The molecule has 0 bridgehead atoms. The number of nitrogen functional groups attached to an aromatic ring is 1. The molecule has 0 amide bonds. The minimum absolute atomic E-state index is 0.101. The van der Waals surface area contributed by atoms with Gasteiger partial charge in [0.15, 0.2) is 0 Å². The zero-order valence-electron chi connectivity index (χ0n) is 11.6. The molecule has 0 aliphatic rings. The third-order valence-electron chi connectivity index (χ3n) is 3.11. The van der Waals surface area contributed by atoms with E-state index in [1.165, 1.54) is 12.1 Å². The molecular formula is C15H17FN2O2S. The first-order chi connectivity index (χ1) is 9.90. The lowest BCUT2D eigenvalue weighted by molar-refractivity contribution is 0.581. The number of aryl methyl sites for hydroxylation is 1. The Hall–Kier alpha value is -1.92. The number of nitrogens with two attached hydrogens (primary N) is 1. The maximum absolute atomic E-state index is 13.0. The first-order valence-electron chi connectivity index (χ1n) is 6.49. The molecule has 0 atom stereocenters. The van der Waals surface area contributed by atoms with Gasteiger partial charge in [-0.2, -0.15) is 0 Å². The van der Waals surface area contributed by atoms with E-state index in [9.17, 15) is 12.8 Å². The van der Waals surface area contributed by atoms with Crippen LogP contribution in [0.3, 0.4) is 0 Å². The first-order valence-corrected chi connectivity index (χ1v) is 7.97. The van der Waals surface area contributed by atoms with Crippen LogP contribution >= 0.6 is 0 Å². The molecule has 0 saturated carbocycles. The van der Waals surface area contributed by atoms with E-state index < -0.39 is 10.0 Å². The average molecular weight is 308 g/mol. The number of anilines is 1. The van der Waals surface area contributed by atoms with Gasteiger partial charge in [-0.05, 0) is 42.7 Å². The van der Waals surface area contributed by atoms with Gasteiger partial charge in [-0.15, -0.1) is 0 Å². The van der Waals surface area contributed by atoms with Gasteiger partial charge in [-0.25, -0.2) is 17.5 Å². The fourth-order valence-corrected chi connectivity index (χ4v) is 3.52. The smallest absolute Gasteiger partial charge is 0.242 e. The summed E-state index contributed by atoms with van der Waals surface area (Å²) >= 11 is 0. The van der Waals surface area contributed by atoms with Gasteiger partial charge in [0.05, 0.1) is 5.69 Å². The SMILES string of the molecule is Cc1cccc(N)c1S(=O)(=O)NCCc1cccc(F)c1. The molecule has 21 heavy (non-hydrogen) atoms. The second kappa shape index (κ2) is 6.24. The summed E-state index contributed by atoms with van der Waals surface area (Å²) in [6.07, 6.45) is 0.406. The highest BCUT2D eigenvalue weighted by molar-refractivity contribution is 7.89. The Balaban J connectivity index is 2.09. The van der Waals surface area contributed by atoms with Gasteiger partial charge < -0.3 is 5.73 Å². The number of hydrogen-bond donors (Lipinski definition) is 2. The van der Waals surface area contributed by atoms with Crippen molar-refractivity contribution in [1.29, 1.82) is 0 Å². The van der Waals surface area contributed by atoms with E-state index in [1.54, 1.807) is 37.3 Å². The fourth-order valence-electron chi connectivity index (χ4n) is 2.14. The van der Waals surface area contributed by atoms with E-state index in [0.717, 1.165) is 5.56 Å². The minimum atomic E-state index is -3.67. The molecule has 2 rings (SSSR count). The summed E-state index contributed by atoms with van der Waals surface area (Å²) in [6, 6.07) is 11.0. The minimum Gasteiger partial charge on any atom is -0.398 e. The zero-order chi connectivity index (χ0) is 15.5. The van der Waals surface area contributed by atoms with Crippen LogP contribution in [0.15, 0.2) is 47.4 Å². The number of hydrogen-bond acceptors (Lipinski definition) is 3. The highest BCUT2D eigenvalue weighted by Gasteiger charge is 2.19. The summed E-state index contributed by atoms with van der Waals surface area (Å²) < 4.78 is 40.1. The van der Waals surface area contributed by atoms with Crippen molar-refractivity contribution in [2.24, 2.45) is 0 Å². The van der Waals surface area contributed by atoms with Crippen molar-refractivity contribution >= 4 is 15.7 Å². The summed E-state index contributed by atoms with van der Waals surface area (Å²) in [5, 5.41) is 0. The average Bonchev–Trinajstić information content (AvgIpc) is 2.38. The summed E-state index contributed by atoms with van der Waals surface area (Å²) in [4.78, 5) is 0.101. The Morgan fingerprint density at radius 3 is 2.57 bits per heavy atom. The Bertz CT molecular complexity index is 725. The van der Waals surface area contributed by atoms with Crippen LogP contribution in [0, 0.1) is 12.7 Å². The number of benzene rings is 2. The third-order valence-corrected chi connectivity index (χ3v) is 4.79. The fraction of sp³-hybridized carbons (Fsp3) is 0.200. The quantitative estimate of drug-likeness (QED) is 0.832. The van der Waals surface area contributed by atoms with Crippen molar-refractivity contribution in [3.63, 3.8) is 0 Å². The van der Waals surface area contributed by atoms with Crippen LogP contribution in [0.4, 0.5) is 10.1 Å². The molecule has 0 unspecified atom stereocenters. The molecule has 0 fully saturated rings. The van der Waals surface area contributed by atoms with Crippen molar-refractivity contribution in [2.45, 2.75) is 18.2 Å². The van der Waals surface area contributed by atoms with Gasteiger partial charge in [0.1, 0.15) is 10.7 Å². The van der Waals surface area contributed by atoms with Gasteiger partial charge in [0.2, 0.25) is 10.0 Å². The van der Waals surface area contributed by atoms with E-state index >= 15 is 0 Å². The van der Waals surface area contributed by atoms with E-state index in [1.807, 2.05) is 0 Å². The predicted octanol–water partition coefficient (Wildman–Crippen LogP) is 2.24. The van der Waals surface area contributed by atoms with Crippen LogP contribution in [-0.2, 0) is 16.4 Å². The maximum atomic E-state index is 13.0. The van der Waals surface area contributed by atoms with Crippen molar-refractivity contribution < 1.29 is 12.8 Å². The molecule has 0 spiro atoms. The van der Waals surface area contributed by atoms with E-state index in [4.69, 9.17) is 5.73 Å². The van der Waals surface area contributed by atoms with Gasteiger partial charge in [0.25, 0.3) is 0 Å². The lowest BCUT2D eigenvalue weighted by atomic mass is 10.1. The molecule has 0 saturated heterocycles. The number of rotatable bonds is 5. The number of halogens is 1. The van der Waals surface area contributed by atoms with Crippen molar-refractivity contribution in [1.82, 2.24) is 4.72 Å². The molecule has 3 N–H and O–H groups in total. The van der Waals surface area contributed by atoms with Crippen LogP contribution in [-0.4, -0.2) is 15.0 Å². The van der Waals surface area contributed by atoms with E-state index in [2.05, 4.69) is 4.72 Å². The van der Waals surface area contributed by atoms with Crippen molar-refractivity contribution in [2.75, 3.05) is 12.3 Å². The van der Waals surface area contributed by atoms with Crippen LogP contribution in [0.2, 0.25) is 0 Å². The highest BCUT2D eigenvalue weighted by Crippen LogP contribution is 2.21. The Labute approximate surface area is 123 Å². The third kappa shape index (κ3) is 3.80. The predicted molar refractivity (Wildman–Crippen MR) is 80.9 cm³/mol. The molecule has 6 heteroatoms. The molecule has 112 valence electrons. The molecule has 4 nitrogen and oxygen atoms in total. The number of nitrogens with one attached hydrogen (secondary N) is 1. The highest BCUT2D eigenvalue weighted by atomic mass is 32.2. The monoisotopic (exact) mass is 308 g/mol. The first kappa shape index (κ1) is 15.5. The van der Waals surface area contributed by atoms with Crippen molar-refractivity contribution in [3.8, 4) is 0 Å². The Kier molecular flexibility index (Phi) is 4.59. The molecule has 0 aliphatic carbocycles.